The van der Waals surface area contributed by atoms with Crippen LogP contribution in [0.5, 0.6) is 0 Å². The topological polar surface area (TPSA) is 43.9 Å². The highest BCUT2D eigenvalue weighted by molar-refractivity contribution is 5.96. The molecule has 2 aromatic carbocycles. The van der Waals surface area contributed by atoms with Crippen LogP contribution in [0.3, 0.4) is 0 Å². The van der Waals surface area contributed by atoms with E-state index in [2.05, 4.69) is 4.90 Å². The van der Waals surface area contributed by atoms with Crippen LogP contribution in [0.15, 0.2) is 54.6 Å². The summed E-state index contributed by atoms with van der Waals surface area (Å²) in [6, 6.07) is 15.4. The van der Waals surface area contributed by atoms with E-state index in [1.807, 2.05) is 42.3 Å². The first kappa shape index (κ1) is 17.7. The summed E-state index contributed by atoms with van der Waals surface area (Å²) < 4.78 is 13.5. The monoisotopic (exact) mass is 367 g/mol. The largest absolute Gasteiger partial charge is 0.337 e. The van der Waals surface area contributed by atoms with Gasteiger partial charge in [-0.2, -0.15) is 0 Å². The zero-order chi connectivity index (χ0) is 19.0. The number of halogens is 1. The predicted molar refractivity (Wildman–Crippen MR) is 101 cm³/mol. The molecule has 1 atom stereocenters. The van der Waals surface area contributed by atoms with Crippen molar-refractivity contribution in [1.29, 1.82) is 0 Å². The molecule has 1 spiro atoms. The van der Waals surface area contributed by atoms with Gasteiger partial charge in [-0.15, -0.1) is 0 Å². The highest BCUT2D eigenvalue weighted by Crippen LogP contribution is 2.34. The summed E-state index contributed by atoms with van der Waals surface area (Å²) in [5.74, 6) is -0.516. The molecule has 2 amide bonds. The summed E-state index contributed by atoms with van der Waals surface area (Å²) in [7, 11) is 1.94. The highest BCUT2D eigenvalue weighted by Gasteiger charge is 2.48. The molecule has 0 aliphatic carbocycles. The summed E-state index contributed by atoms with van der Waals surface area (Å²) >= 11 is 0. The minimum absolute atomic E-state index is 0.0595. The minimum Gasteiger partial charge on any atom is -0.337 e. The SMILES string of the molecule is CN1CC(=O)N(c2ccccc2)C[C@@]12CCN(C(=O)c1cccc(F)c1)C2. The molecule has 2 saturated heterocycles. The molecule has 4 rings (SSSR count). The fourth-order valence-corrected chi connectivity index (χ4v) is 4.08. The van der Waals surface area contributed by atoms with Crippen molar-refractivity contribution in [2.75, 3.05) is 38.1 Å². The van der Waals surface area contributed by atoms with Crippen molar-refractivity contribution in [2.24, 2.45) is 0 Å². The Hall–Kier alpha value is -2.73. The van der Waals surface area contributed by atoms with Gasteiger partial charge in [-0.05, 0) is 43.8 Å². The first-order valence-corrected chi connectivity index (χ1v) is 9.10. The lowest BCUT2D eigenvalue weighted by Crippen LogP contribution is -2.64. The summed E-state index contributed by atoms with van der Waals surface area (Å²) in [5.41, 5.74) is 0.957. The number of piperazine rings is 1. The number of likely N-dealkylation sites (N-methyl/N-ethyl adjacent to an activating group) is 1. The van der Waals surface area contributed by atoms with E-state index in [-0.39, 0.29) is 17.4 Å². The fourth-order valence-electron chi connectivity index (χ4n) is 4.08. The average Bonchev–Trinajstić information content (AvgIpc) is 3.10. The van der Waals surface area contributed by atoms with E-state index in [9.17, 15) is 14.0 Å². The van der Waals surface area contributed by atoms with Crippen molar-refractivity contribution in [2.45, 2.75) is 12.0 Å². The van der Waals surface area contributed by atoms with Gasteiger partial charge in [-0.3, -0.25) is 14.5 Å². The van der Waals surface area contributed by atoms with Crippen molar-refractivity contribution >= 4 is 17.5 Å². The minimum atomic E-state index is -0.412. The third kappa shape index (κ3) is 3.21. The molecule has 2 aliphatic rings. The van der Waals surface area contributed by atoms with E-state index in [1.54, 1.807) is 17.0 Å². The third-order valence-electron chi connectivity index (χ3n) is 5.69. The summed E-state index contributed by atoms with van der Waals surface area (Å²) in [5, 5.41) is 0. The molecule has 27 heavy (non-hydrogen) atoms. The lowest BCUT2D eigenvalue weighted by atomic mass is 9.92. The van der Waals surface area contributed by atoms with Crippen molar-refractivity contribution < 1.29 is 14.0 Å². The first-order chi connectivity index (χ1) is 13.0. The second kappa shape index (κ2) is 6.78. The molecule has 6 heteroatoms. The Labute approximate surface area is 158 Å². The van der Waals surface area contributed by atoms with Gasteiger partial charge in [0.15, 0.2) is 0 Å². The van der Waals surface area contributed by atoms with Crippen LogP contribution in [0.4, 0.5) is 10.1 Å². The van der Waals surface area contributed by atoms with E-state index in [0.29, 0.717) is 31.7 Å². The number of carbonyl (C=O) groups is 2. The van der Waals surface area contributed by atoms with E-state index in [4.69, 9.17) is 0 Å². The maximum Gasteiger partial charge on any atom is 0.254 e. The molecule has 0 saturated carbocycles. The maximum atomic E-state index is 13.5. The Morgan fingerprint density at radius 3 is 2.59 bits per heavy atom. The Bertz CT molecular complexity index is 873. The van der Waals surface area contributed by atoms with E-state index in [0.717, 1.165) is 12.1 Å². The van der Waals surface area contributed by atoms with Gasteiger partial charge in [0.25, 0.3) is 5.91 Å². The van der Waals surface area contributed by atoms with Crippen LogP contribution in [0.1, 0.15) is 16.8 Å². The van der Waals surface area contributed by atoms with E-state index < -0.39 is 5.82 Å². The number of hydrogen-bond acceptors (Lipinski definition) is 3. The van der Waals surface area contributed by atoms with Gasteiger partial charge < -0.3 is 9.80 Å². The van der Waals surface area contributed by atoms with Crippen LogP contribution in [0.2, 0.25) is 0 Å². The molecule has 140 valence electrons. The standard InChI is InChI=1S/C21H22FN3O2/c1-23-13-19(26)25(18-8-3-2-4-9-18)15-21(23)10-11-24(14-21)20(27)16-6-5-7-17(22)12-16/h2-9,12H,10-11,13-15H2,1H3/t21-/m0/s1. The fraction of sp³-hybridized carbons (Fsp3) is 0.333. The van der Waals surface area contributed by atoms with Gasteiger partial charge >= 0.3 is 0 Å². The molecule has 2 fully saturated rings. The van der Waals surface area contributed by atoms with Crippen LogP contribution >= 0.6 is 0 Å². The quantitative estimate of drug-likeness (QED) is 0.819. The van der Waals surface area contributed by atoms with Crippen LogP contribution in [-0.4, -0.2) is 60.4 Å². The highest BCUT2D eigenvalue weighted by atomic mass is 19.1. The van der Waals surface area contributed by atoms with Gasteiger partial charge in [0, 0.05) is 30.9 Å². The van der Waals surface area contributed by atoms with Crippen LogP contribution in [0, 0.1) is 5.82 Å². The molecule has 0 N–H and O–H groups in total. The van der Waals surface area contributed by atoms with E-state index >= 15 is 0 Å². The molecule has 0 unspecified atom stereocenters. The van der Waals surface area contributed by atoms with Gasteiger partial charge in [-0.25, -0.2) is 4.39 Å². The molecule has 0 bridgehead atoms. The van der Waals surface area contributed by atoms with Crippen LogP contribution < -0.4 is 4.90 Å². The maximum absolute atomic E-state index is 13.5. The second-order valence-electron chi connectivity index (χ2n) is 7.38. The number of hydrogen-bond donors (Lipinski definition) is 0. The third-order valence-corrected chi connectivity index (χ3v) is 5.69. The van der Waals surface area contributed by atoms with E-state index in [1.165, 1.54) is 12.1 Å². The summed E-state index contributed by atoms with van der Waals surface area (Å²) in [6.07, 6.45) is 0.779. The van der Waals surface area contributed by atoms with Crippen molar-refractivity contribution in [3.8, 4) is 0 Å². The molecular formula is C21H22FN3O2. The molecular weight excluding hydrogens is 345 g/mol. The average molecular weight is 367 g/mol. The van der Waals surface area contributed by atoms with Crippen LogP contribution in [-0.2, 0) is 4.79 Å². The lowest BCUT2D eigenvalue weighted by molar-refractivity contribution is -0.123. The summed E-state index contributed by atoms with van der Waals surface area (Å²) in [6.45, 7) is 1.97. The number of likely N-dealkylation sites (tertiary alicyclic amines) is 1. The number of benzene rings is 2. The van der Waals surface area contributed by atoms with Gasteiger partial charge in [0.1, 0.15) is 5.82 Å². The molecule has 0 aromatic heterocycles. The smallest absolute Gasteiger partial charge is 0.254 e. The second-order valence-corrected chi connectivity index (χ2v) is 7.38. The lowest BCUT2D eigenvalue weighted by Gasteiger charge is -2.46. The van der Waals surface area contributed by atoms with Crippen molar-refractivity contribution in [1.82, 2.24) is 9.80 Å². The first-order valence-electron chi connectivity index (χ1n) is 9.10. The number of rotatable bonds is 2. The van der Waals surface area contributed by atoms with Crippen molar-refractivity contribution in [3.05, 3.63) is 66.0 Å². The zero-order valence-corrected chi connectivity index (χ0v) is 15.3. The number of para-hydroxylation sites is 1. The molecule has 5 nitrogen and oxygen atoms in total. The molecule has 0 radical (unpaired) electrons. The normalized spacial score (nSPS) is 23.3. The van der Waals surface area contributed by atoms with Gasteiger partial charge in [0.05, 0.1) is 12.1 Å². The van der Waals surface area contributed by atoms with Gasteiger partial charge in [0.2, 0.25) is 5.91 Å². The zero-order valence-electron chi connectivity index (χ0n) is 15.3. The number of amides is 2. The Morgan fingerprint density at radius 2 is 1.85 bits per heavy atom. The Morgan fingerprint density at radius 1 is 1.07 bits per heavy atom. The predicted octanol–water partition coefficient (Wildman–Crippen LogP) is 2.39. The number of nitrogens with zero attached hydrogens (tertiary/aromatic N) is 3. The number of carbonyl (C=O) groups excluding carboxylic acids is 2. The molecule has 2 aromatic rings. The summed E-state index contributed by atoms with van der Waals surface area (Å²) in [4.78, 5) is 31.0. The Balaban J connectivity index is 1.56. The van der Waals surface area contributed by atoms with Crippen LogP contribution in [0.25, 0.3) is 0 Å². The van der Waals surface area contributed by atoms with Gasteiger partial charge in [-0.1, -0.05) is 24.3 Å². The molecule has 2 heterocycles. The Kier molecular flexibility index (Phi) is 4.44. The molecule has 2 aliphatic heterocycles. The van der Waals surface area contributed by atoms with Crippen molar-refractivity contribution in [3.63, 3.8) is 0 Å². The number of anilines is 1.